The molecule has 0 atom stereocenters. The zero-order valence-electron chi connectivity index (χ0n) is 20.9. The number of nitrogens with zero attached hydrogens (tertiary/aromatic N) is 6. The fourth-order valence-electron chi connectivity index (χ4n) is 4.60. The fraction of sp³-hybridized carbons (Fsp3) is 0.560. The van der Waals surface area contributed by atoms with Crippen molar-refractivity contribution in [3.05, 3.63) is 51.1 Å². The third-order valence-corrected chi connectivity index (χ3v) is 6.42. The van der Waals surface area contributed by atoms with Gasteiger partial charge in [-0.3, -0.25) is 19.1 Å². The number of anilines is 1. The van der Waals surface area contributed by atoms with Crippen molar-refractivity contribution in [2.45, 2.75) is 59.5 Å². The first kappa shape index (κ1) is 24.7. The second-order valence-electron chi connectivity index (χ2n) is 9.52. The number of rotatable bonds is 9. The molecule has 4 rings (SSSR count). The van der Waals surface area contributed by atoms with Gasteiger partial charge in [0.25, 0.3) is 5.56 Å². The van der Waals surface area contributed by atoms with Crippen LogP contribution in [0, 0.1) is 5.92 Å². The number of amides is 1. The number of carbonyl (C=O) groups excluding carboxylic acids is 1. The number of aromatic amines is 1. The maximum Gasteiger partial charge on any atom is 0.330 e. The number of aromatic nitrogens is 5. The van der Waals surface area contributed by atoms with Gasteiger partial charge in [0.05, 0.1) is 0 Å². The average molecular weight is 482 g/mol. The van der Waals surface area contributed by atoms with Gasteiger partial charge in [0.1, 0.15) is 11.6 Å². The number of pyridine rings is 1. The van der Waals surface area contributed by atoms with E-state index in [1.807, 2.05) is 27.7 Å². The summed E-state index contributed by atoms with van der Waals surface area (Å²) in [5, 5.41) is 0. The normalized spacial score (nSPS) is 14.3. The first-order valence-electron chi connectivity index (χ1n) is 12.5. The molecule has 0 bridgehead atoms. The summed E-state index contributed by atoms with van der Waals surface area (Å²) in [5.41, 5.74) is -0.0206. The van der Waals surface area contributed by atoms with Crippen molar-refractivity contribution in [3.63, 3.8) is 0 Å². The molecule has 3 aromatic rings. The van der Waals surface area contributed by atoms with Crippen LogP contribution >= 0.6 is 0 Å². The molecule has 1 aliphatic heterocycles. The molecule has 0 aromatic carbocycles. The summed E-state index contributed by atoms with van der Waals surface area (Å²) in [4.78, 5) is 53.9. The molecule has 4 heterocycles. The Morgan fingerprint density at radius 2 is 1.89 bits per heavy atom. The van der Waals surface area contributed by atoms with Crippen LogP contribution in [-0.4, -0.2) is 61.1 Å². The molecule has 0 unspecified atom stereocenters. The summed E-state index contributed by atoms with van der Waals surface area (Å²) in [6.07, 6.45) is 4.25. The van der Waals surface area contributed by atoms with Gasteiger partial charge in [-0.25, -0.2) is 14.8 Å². The number of nitrogens with one attached hydrogen (secondary N) is 1. The van der Waals surface area contributed by atoms with Crippen molar-refractivity contribution >= 4 is 22.9 Å². The third-order valence-electron chi connectivity index (χ3n) is 6.42. The molecule has 0 aliphatic carbocycles. The number of aryl methyl sites for hydroxylation is 2. The maximum absolute atomic E-state index is 13.0. The summed E-state index contributed by atoms with van der Waals surface area (Å²) in [7, 11) is 0. The lowest BCUT2D eigenvalue weighted by Gasteiger charge is -2.35. The zero-order chi connectivity index (χ0) is 24.9. The molecule has 188 valence electrons. The fourth-order valence-corrected chi connectivity index (χ4v) is 4.60. The molecule has 10 heteroatoms. The Labute approximate surface area is 204 Å². The Balaban J connectivity index is 1.51. The summed E-state index contributed by atoms with van der Waals surface area (Å²) < 4.78 is 3.45. The Morgan fingerprint density at radius 3 is 2.54 bits per heavy atom. The van der Waals surface area contributed by atoms with Crippen LogP contribution in [0.5, 0.6) is 0 Å². The molecule has 0 radical (unpaired) electrons. The number of imidazole rings is 1. The number of fused-ring (bicyclic) bond motifs is 1. The van der Waals surface area contributed by atoms with Crippen LogP contribution in [0.25, 0.3) is 11.2 Å². The van der Waals surface area contributed by atoms with Crippen LogP contribution in [0.1, 0.15) is 45.9 Å². The van der Waals surface area contributed by atoms with Crippen LogP contribution in [-0.2, 0) is 24.3 Å². The highest BCUT2D eigenvalue weighted by atomic mass is 16.2. The van der Waals surface area contributed by atoms with E-state index in [0.29, 0.717) is 56.0 Å². The highest BCUT2D eigenvalue weighted by Gasteiger charge is 2.24. The molecule has 1 aliphatic rings. The van der Waals surface area contributed by atoms with Crippen molar-refractivity contribution in [2.75, 3.05) is 31.1 Å². The highest BCUT2D eigenvalue weighted by Crippen LogP contribution is 2.18. The summed E-state index contributed by atoms with van der Waals surface area (Å²) in [5.74, 6) is 1.96. The minimum Gasteiger partial charge on any atom is -0.353 e. The molecule has 3 aromatic heterocycles. The Morgan fingerprint density at radius 1 is 1.11 bits per heavy atom. The molecule has 1 N–H and O–H groups in total. The predicted octanol–water partition coefficient (Wildman–Crippen LogP) is 2.02. The first-order chi connectivity index (χ1) is 16.9. The van der Waals surface area contributed by atoms with Gasteiger partial charge in [-0.2, -0.15) is 0 Å². The monoisotopic (exact) mass is 481 g/mol. The Hall–Kier alpha value is -3.43. The molecule has 0 saturated carbocycles. The van der Waals surface area contributed by atoms with Crippen LogP contribution < -0.4 is 16.1 Å². The van der Waals surface area contributed by atoms with E-state index in [4.69, 9.17) is 4.98 Å². The minimum absolute atomic E-state index is 0.0751. The van der Waals surface area contributed by atoms with E-state index in [0.717, 1.165) is 31.7 Å². The van der Waals surface area contributed by atoms with Crippen LogP contribution in [0.2, 0.25) is 0 Å². The Bertz CT molecular complexity index is 1270. The Kier molecular flexibility index (Phi) is 7.67. The van der Waals surface area contributed by atoms with E-state index in [1.165, 1.54) is 0 Å². The van der Waals surface area contributed by atoms with Crippen molar-refractivity contribution in [1.29, 1.82) is 0 Å². The van der Waals surface area contributed by atoms with Crippen LogP contribution in [0.3, 0.4) is 0 Å². The second-order valence-corrected chi connectivity index (χ2v) is 9.52. The number of unbranched alkanes of at least 4 members (excludes halogenated alkanes) is 1. The summed E-state index contributed by atoms with van der Waals surface area (Å²) in [6.45, 7) is 10.1. The number of carbonyl (C=O) groups is 1. The lowest BCUT2D eigenvalue weighted by Crippen LogP contribution is -2.49. The summed E-state index contributed by atoms with van der Waals surface area (Å²) >= 11 is 0. The SMILES string of the molecule is CCCCn1c(=O)[nH]c(=O)c2c1nc(CCC(=O)N1CCN(c3ccccn3)CC1)n2CC(C)C. The molecule has 1 saturated heterocycles. The van der Waals surface area contributed by atoms with Gasteiger partial charge in [0.15, 0.2) is 11.2 Å². The van der Waals surface area contributed by atoms with Gasteiger partial charge in [-0.15, -0.1) is 0 Å². The standard InChI is InChI=1S/C25H35N7O3/c1-4-5-12-31-23-22(24(34)28-25(31)35)32(17-18(2)3)20(27-23)9-10-21(33)30-15-13-29(14-16-30)19-8-6-7-11-26-19/h6-8,11,18H,4-5,9-10,12-17H2,1-3H3,(H,28,34,35). The van der Waals surface area contributed by atoms with Crippen molar-refractivity contribution in [1.82, 2.24) is 29.0 Å². The predicted molar refractivity (Wildman–Crippen MR) is 136 cm³/mol. The molecular weight excluding hydrogens is 446 g/mol. The summed E-state index contributed by atoms with van der Waals surface area (Å²) in [6, 6.07) is 5.85. The smallest absolute Gasteiger partial charge is 0.330 e. The van der Waals surface area contributed by atoms with Gasteiger partial charge in [0, 0.05) is 58.3 Å². The van der Waals surface area contributed by atoms with Gasteiger partial charge in [-0.1, -0.05) is 33.3 Å². The number of hydrogen-bond acceptors (Lipinski definition) is 6. The second kappa shape index (κ2) is 10.9. The molecule has 1 amide bonds. The van der Waals surface area contributed by atoms with Crippen molar-refractivity contribution in [3.8, 4) is 0 Å². The maximum atomic E-state index is 13.0. The van der Waals surface area contributed by atoms with E-state index < -0.39 is 11.2 Å². The number of piperazine rings is 1. The first-order valence-corrected chi connectivity index (χ1v) is 12.5. The molecular formula is C25H35N7O3. The van der Waals surface area contributed by atoms with Gasteiger partial charge in [-0.05, 0) is 24.5 Å². The van der Waals surface area contributed by atoms with Crippen LogP contribution in [0.15, 0.2) is 34.0 Å². The third kappa shape index (κ3) is 5.47. The lowest BCUT2D eigenvalue weighted by atomic mass is 10.2. The molecule has 35 heavy (non-hydrogen) atoms. The van der Waals surface area contributed by atoms with E-state index in [9.17, 15) is 14.4 Å². The molecule has 0 spiro atoms. The van der Waals surface area contributed by atoms with Gasteiger partial charge < -0.3 is 14.4 Å². The highest BCUT2D eigenvalue weighted by molar-refractivity contribution is 5.77. The van der Waals surface area contributed by atoms with Gasteiger partial charge in [0.2, 0.25) is 5.91 Å². The lowest BCUT2D eigenvalue weighted by molar-refractivity contribution is -0.131. The van der Waals surface area contributed by atoms with E-state index >= 15 is 0 Å². The topological polar surface area (TPSA) is 109 Å². The van der Waals surface area contributed by atoms with E-state index in [-0.39, 0.29) is 11.8 Å². The minimum atomic E-state index is -0.432. The van der Waals surface area contributed by atoms with Crippen molar-refractivity contribution in [2.24, 2.45) is 5.92 Å². The van der Waals surface area contributed by atoms with Crippen molar-refractivity contribution < 1.29 is 4.79 Å². The average Bonchev–Trinajstić information content (AvgIpc) is 3.20. The van der Waals surface area contributed by atoms with E-state index in [2.05, 4.69) is 35.6 Å². The number of hydrogen-bond donors (Lipinski definition) is 1. The molecule has 1 fully saturated rings. The van der Waals surface area contributed by atoms with Crippen LogP contribution in [0.4, 0.5) is 5.82 Å². The quantitative estimate of drug-likeness (QED) is 0.501. The largest absolute Gasteiger partial charge is 0.353 e. The number of H-pyrrole nitrogens is 1. The van der Waals surface area contributed by atoms with Gasteiger partial charge >= 0.3 is 5.69 Å². The molecule has 10 nitrogen and oxygen atoms in total. The van der Waals surface area contributed by atoms with E-state index in [1.54, 1.807) is 10.8 Å². The zero-order valence-corrected chi connectivity index (χ0v) is 20.9.